The first kappa shape index (κ1) is 20.0. The summed E-state index contributed by atoms with van der Waals surface area (Å²) in [6.45, 7) is 7.56. The second kappa shape index (κ2) is 8.85. The molecule has 0 saturated heterocycles. The summed E-state index contributed by atoms with van der Waals surface area (Å²) in [6.07, 6.45) is 0.472. The fraction of sp³-hybridized carbons (Fsp3) is 0.421. The Kier molecular flexibility index (Phi) is 6.80. The first-order valence-electron chi connectivity index (χ1n) is 8.42. The number of amides is 1. The average Bonchev–Trinajstić information content (AvgIpc) is 2.90. The smallest absolute Gasteiger partial charge is 0.328 e. The number of rotatable bonds is 7. The van der Waals surface area contributed by atoms with Gasteiger partial charge in [0, 0.05) is 10.6 Å². The summed E-state index contributed by atoms with van der Waals surface area (Å²) >= 11 is 5.84. The van der Waals surface area contributed by atoms with Gasteiger partial charge in [-0.2, -0.15) is 0 Å². The number of nitrogens with zero attached hydrogens (tertiary/aromatic N) is 1. The predicted octanol–water partition coefficient (Wildman–Crippen LogP) is 3.83. The van der Waals surface area contributed by atoms with Crippen molar-refractivity contribution in [1.82, 2.24) is 10.5 Å². The van der Waals surface area contributed by atoms with Crippen molar-refractivity contribution in [3.63, 3.8) is 0 Å². The highest BCUT2D eigenvalue weighted by molar-refractivity contribution is 6.30. The van der Waals surface area contributed by atoms with Crippen molar-refractivity contribution in [1.29, 1.82) is 0 Å². The molecule has 0 spiro atoms. The zero-order valence-electron chi connectivity index (χ0n) is 15.3. The van der Waals surface area contributed by atoms with Crippen molar-refractivity contribution < 1.29 is 18.8 Å². The third-order valence-electron chi connectivity index (χ3n) is 3.94. The van der Waals surface area contributed by atoms with E-state index in [1.165, 1.54) is 0 Å². The molecule has 7 heteroatoms. The Balaban J connectivity index is 2.04. The molecule has 1 amide bonds. The van der Waals surface area contributed by atoms with Crippen molar-refractivity contribution in [2.75, 3.05) is 0 Å². The van der Waals surface area contributed by atoms with E-state index >= 15 is 0 Å². The summed E-state index contributed by atoms with van der Waals surface area (Å²) in [5.41, 5.74) is 1.85. The number of aromatic nitrogens is 1. The van der Waals surface area contributed by atoms with Gasteiger partial charge in [0.25, 0.3) is 5.91 Å². The van der Waals surface area contributed by atoms with Gasteiger partial charge in [-0.25, -0.2) is 4.79 Å². The summed E-state index contributed by atoms with van der Waals surface area (Å²) in [4.78, 5) is 24.9. The standard InChI is InChI=1S/C19H23ClN2O4/c1-11(2)9-17(21-18(23)14-5-7-15(20)8-6-14)19(24)25-10-16-12(3)22-26-13(16)4/h5-8,11,17H,9-10H2,1-4H3,(H,21,23)/t17-/m0/s1. The van der Waals surface area contributed by atoms with Gasteiger partial charge in [-0.3, -0.25) is 4.79 Å². The normalized spacial score (nSPS) is 12.1. The van der Waals surface area contributed by atoms with E-state index in [1.807, 2.05) is 13.8 Å². The minimum absolute atomic E-state index is 0.0609. The fourth-order valence-electron chi connectivity index (χ4n) is 2.48. The lowest BCUT2D eigenvalue weighted by Crippen LogP contribution is -2.42. The van der Waals surface area contributed by atoms with E-state index in [-0.39, 0.29) is 18.4 Å². The van der Waals surface area contributed by atoms with Crippen LogP contribution in [0.5, 0.6) is 0 Å². The number of carbonyl (C=O) groups excluding carboxylic acids is 2. The van der Waals surface area contributed by atoms with Crippen molar-refractivity contribution in [2.45, 2.75) is 46.8 Å². The Morgan fingerprint density at radius 2 is 1.88 bits per heavy atom. The minimum atomic E-state index is -0.737. The molecule has 0 aliphatic rings. The molecule has 26 heavy (non-hydrogen) atoms. The highest BCUT2D eigenvalue weighted by Crippen LogP contribution is 2.15. The lowest BCUT2D eigenvalue weighted by molar-refractivity contribution is -0.147. The van der Waals surface area contributed by atoms with Crippen LogP contribution in [0.1, 0.15) is 47.6 Å². The number of hydrogen-bond acceptors (Lipinski definition) is 5. The summed E-state index contributed by atoms with van der Waals surface area (Å²) in [6, 6.07) is 5.74. The molecular weight excluding hydrogens is 356 g/mol. The van der Waals surface area contributed by atoms with Gasteiger partial charge >= 0.3 is 5.97 Å². The Hall–Kier alpha value is -2.34. The molecule has 1 N–H and O–H groups in total. The number of esters is 1. The number of halogens is 1. The van der Waals surface area contributed by atoms with E-state index in [0.717, 1.165) is 5.56 Å². The van der Waals surface area contributed by atoms with E-state index in [1.54, 1.807) is 38.1 Å². The van der Waals surface area contributed by atoms with Crippen molar-refractivity contribution in [3.8, 4) is 0 Å². The maximum absolute atomic E-state index is 12.5. The van der Waals surface area contributed by atoms with Crippen LogP contribution >= 0.6 is 11.6 Å². The lowest BCUT2D eigenvalue weighted by atomic mass is 10.0. The Morgan fingerprint density at radius 3 is 2.42 bits per heavy atom. The quantitative estimate of drug-likeness (QED) is 0.740. The van der Waals surface area contributed by atoms with Crippen LogP contribution in [0.25, 0.3) is 0 Å². The van der Waals surface area contributed by atoms with E-state index in [2.05, 4.69) is 10.5 Å². The first-order valence-corrected chi connectivity index (χ1v) is 8.80. The van der Waals surface area contributed by atoms with Crippen LogP contribution in [0.15, 0.2) is 28.8 Å². The maximum Gasteiger partial charge on any atom is 0.328 e. The van der Waals surface area contributed by atoms with Gasteiger partial charge in [-0.15, -0.1) is 0 Å². The number of carbonyl (C=O) groups is 2. The number of nitrogens with one attached hydrogen (secondary N) is 1. The van der Waals surface area contributed by atoms with Crippen LogP contribution in [0.3, 0.4) is 0 Å². The molecule has 1 aromatic carbocycles. The Labute approximate surface area is 157 Å². The second-order valence-corrected chi connectivity index (χ2v) is 7.01. The largest absolute Gasteiger partial charge is 0.459 e. The Morgan fingerprint density at radius 1 is 1.23 bits per heavy atom. The van der Waals surface area contributed by atoms with E-state index in [4.69, 9.17) is 20.9 Å². The van der Waals surface area contributed by atoms with Crippen LogP contribution in [0, 0.1) is 19.8 Å². The van der Waals surface area contributed by atoms with Gasteiger partial charge in [0.2, 0.25) is 0 Å². The van der Waals surface area contributed by atoms with E-state index in [0.29, 0.717) is 28.5 Å². The number of benzene rings is 1. The van der Waals surface area contributed by atoms with Crippen LogP contribution < -0.4 is 5.32 Å². The molecule has 0 aliphatic heterocycles. The van der Waals surface area contributed by atoms with Crippen molar-refractivity contribution in [2.24, 2.45) is 5.92 Å². The monoisotopic (exact) mass is 378 g/mol. The molecule has 6 nitrogen and oxygen atoms in total. The van der Waals surface area contributed by atoms with Crippen LogP contribution in [-0.2, 0) is 16.1 Å². The van der Waals surface area contributed by atoms with Gasteiger partial charge in [0.1, 0.15) is 18.4 Å². The molecule has 1 atom stereocenters. The lowest BCUT2D eigenvalue weighted by Gasteiger charge is -2.19. The summed E-state index contributed by atoms with van der Waals surface area (Å²) in [7, 11) is 0. The zero-order chi connectivity index (χ0) is 19.3. The van der Waals surface area contributed by atoms with Crippen molar-refractivity contribution >= 4 is 23.5 Å². The predicted molar refractivity (Wildman–Crippen MR) is 97.9 cm³/mol. The van der Waals surface area contributed by atoms with Crippen LogP contribution in [0.2, 0.25) is 5.02 Å². The third-order valence-corrected chi connectivity index (χ3v) is 4.20. The third kappa shape index (κ3) is 5.33. The molecule has 0 radical (unpaired) electrons. The first-order chi connectivity index (χ1) is 12.3. The van der Waals surface area contributed by atoms with Gasteiger partial charge in [0.15, 0.2) is 0 Å². The summed E-state index contributed by atoms with van der Waals surface area (Å²) < 4.78 is 10.5. The zero-order valence-corrected chi connectivity index (χ0v) is 16.1. The minimum Gasteiger partial charge on any atom is -0.459 e. The molecule has 0 bridgehead atoms. The molecule has 0 saturated carbocycles. The van der Waals surface area contributed by atoms with E-state index in [9.17, 15) is 9.59 Å². The molecule has 0 aliphatic carbocycles. The van der Waals surface area contributed by atoms with Crippen molar-refractivity contribution in [3.05, 3.63) is 51.9 Å². The van der Waals surface area contributed by atoms with E-state index < -0.39 is 12.0 Å². The molecule has 2 rings (SSSR count). The number of ether oxygens (including phenoxy) is 1. The maximum atomic E-state index is 12.5. The van der Waals surface area contributed by atoms with Gasteiger partial charge in [0.05, 0.1) is 11.3 Å². The molecular formula is C19H23ClN2O4. The molecule has 0 fully saturated rings. The number of aryl methyl sites for hydroxylation is 2. The molecule has 1 heterocycles. The molecule has 1 aromatic heterocycles. The molecule has 0 unspecified atom stereocenters. The van der Waals surface area contributed by atoms with Gasteiger partial charge in [-0.1, -0.05) is 30.6 Å². The van der Waals surface area contributed by atoms with Gasteiger partial charge in [-0.05, 0) is 50.5 Å². The summed E-state index contributed by atoms with van der Waals surface area (Å²) in [5.74, 6) is -0.0133. The SMILES string of the molecule is Cc1noc(C)c1COC(=O)[C@H](CC(C)C)NC(=O)c1ccc(Cl)cc1. The highest BCUT2D eigenvalue weighted by Gasteiger charge is 2.25. The van der Waals surface area contributed by atoms with Crippen LogP contribution in [0.4, 0.5) is 0 Å². The molecule has 140 valence electrons. The average molecular weight is 379 g/mol. The summed E-state index contributed by atoms with van der Waals surface area (Å²) in [5, 5.41) is 7.12. The number of hydrogen-bond donors (Lipinski definition) is 1. The fourth-order valence-corrected chi connectivity index (χ4v) is 2.61. The highest BCUT2D eigenvalue weighted by atomic mass is 35.5. The topological polar surface area (TPSA) is 81.4 Å². The van der Waals surface area contributed by atoms with Gasteiger partial charge < -0.3 is 14.6 Å². The second-order valence-electron chi connectivity index (χ2n) is 6.57. The molecule has 2 aromatic rings. The Bertz CT molecular complexity index is 749. The van der Waals surface area contributed by atoms with Crippen LogP contribution in [-0.4, -0.2) is 23.1 Å².